The number of hydrogen-bond donors (Lipinski definition) is 0. The third-order valence-corrected chi connectivity index (χ3v) is 10.8. The summed E-state index contributed by atoms with van der Waals surface area (Å²) in [6.07, 6.45) is -1.85. The number of fused-ring (bicyclic) bond motifs is 7. The summed E-state index contributed by atoms with van der Waals surface area (Å²) in [5.41, 5.74) is 4.21. The van der Waals surface area contributed by atoms with E-state index in [1.165, 1.54) is 42.5 Å². The van der Waals surface area contributed by atoms with Crippen LogP contribution in [0, 0.1) is 20.6 Å². The molecular weight excluding hydrogens is 619 g/mol. The van der Waals surface area contributed by atoms with Crippen molar-refractivity contribution < 1.29 is 19.8 Å². The molecule has 0 amide bonds. The van der Waals surface area contributed by atoms with Crippen molar-refractivity contribution in [3.8, 4) is 45.1 Å². The molecule has 49 heavy (non-hydrogen) atoms. The van der Waals surface area contributed by atoms with E-state index < -0.39 is 32.3 Å². The van der Waals surface area contributed by atoms with Crippen molar-refractivity contribution in [3.63, 3.8) is 0 Å². The van der Waals surface area contributed by atoms with Crippen LogP contribution < -0.4 is 4.74 Å². The van der Waals surface area contributed by atoms with Gasteiger partial charge in [-0.2, -0.15) is 0 Å². The first kappa shape index (κ1) is 20.3. The summed E-state index contributed by atoms with van der Waals surface area (Å²) < 4.78 is 105. The van der Waals surface area contributed by atoms with Crippen LogP contribution in [0.25, 0.3) is 59.9 Å². The third-order valence-electron chi connectivity index (χ3n) is 9.69. The van der Waals surface area contributed by atoms with Crippen molar-refractivity contribution in [2.75, 3.05) is 0 Å². The zero-order valence-electron chi connectivity index (χ0n) is 38.0. The predicted octanol–water partition coefficient (Wildman–Crippen LogP) is 12.0. The Bertz CT molecular complexity index is 3060. The highest BCUT2D eigenvalue weighted by molar-refractivity contribution is 7.24. The number of aryl methyl sites for hydroxylation is 4. The number of benzene rings is 5. The van der Waals surface area contributed by atoms with E-state index in [4.69, 9.17) is 29.8 Å². The summed E-state index contributed by atoms with van der Waals surface area (Å²) in [5, 5.41) is 0. The molecule has 0 N–H and O–H groups in total. The van der Waals surface area contributed by atoms with Crippen molar-refractivity contribution in [2.45, 2.75) is 53.1 Å². The second-order valence-corrected chi connectivity index (χ2v) is 13.8. The van der Waals surface area contributed by atoms with Crippen molar-refractivity contribution in [1.29, 1.82) is 0 Å². The molecule has 4 heterocycles. The van der Waals surface area contributed by atoms with Gasteiger partial charge in [0.2, 0.25) is 0 Å². The Hall–Kier alpha value is -5.26. The van der Waals surface area contributed by atoms with Gasteiger partial charge in [-0.15, -0.1) is 0 Å². The summed E-state index contributed by atoms with van der Waals surface area (Å²) in [7, 11) is 0. The minimum Gasteiger partial charge on any atom is -0.456 e. The van der Waals surface area contributed by atoms with E-state index in [0.717, 1.165) is 22.1 Å². The number of nitrogens with zero attached hydrogens (tertiary/aromatic N) is 3. The summed E-state index contributed by atoms with van der Waals surface area (Å²) in [6, 6.07) is 29.4. The second-order valence-electron chi connectivity index (χ2n) is 12.8. The highest BCUT2D eigenvalue weighted by atomic mass is 32.1. The molecule has 0 saturated heterocycles. The first-order valence-corrected chi connectivity index (χ1v) is 16.8. The average molecular weight is 667 g/mol. The minimum atomic E-state index is -2.78. The molecule has 0 radical (unpaired) electrons. The van der Waals surface area contributed by atoms with E-state index in [1.807, 2.05) is 66.8 Å². The Morgan fingerprint density at radius 3 is 2.43 bits per heavy atom. The summed E-state index contributed by atoms with van der Waals surface area (Å²) in [4.78, 5) is 10.5. The van der Waals surface area contributed by atoms with Crippen molar-refractivity contribution >= 4 is 37.5 Å². The first-order chi connectivity index (χ1) is 28.0. The van der Waals surface area contributed by atoms with Gasteiger partial charge in [-0.25, -0.2) is 9.97 Å². The van der Waals surface area contributed by atoms with Crippen molar-refractivity contribution in [1.82, 2.24) is 14.4 Å². The maximum atomic E-state index is 8.90. The average Bonchev–Trinajstić information content (AvgIpc) is 3.71. The van der Waals surface area contributed by atoms with Crippen LogP contribution in [0.15, 0.2) is 103 Å². The molecule has 0 unspecified atom stereocenters. The van der Waals surface area contributed by atoms with Gasteiger partial charge in [-0.3, -0.25) is 4.40 Å². The number of pyridine rings is 1. The molecule has 1 aliphatic heterocycles. The number of imidazole rings is 1. The van der Waals surface area contributed by atoms with Crippen molar-refractivity contribution in [3.05, 3.63) is 137 Å². The monoisotopic (exact) mass is 666 g/mol. The summed E-state index contributed by atoms with van der Waals surface area (Å²) in [6.45, 7) is -2.71. The van der Waals surface area contributed by atoms with E-state index >= 15 is 0 Å². The normalized spacial score (nSPS) is 17.9. The molecule has 240 valence electrons. The molecule has 1 aliphatic rings. The Balaban J connectivity index is 1.35. The fourth-order valence-electron chi connectivity index (χ4n) is 7.20. The number of thiazole rings is 1. The summed E-state index contributed by atoms with van der Waals surface area (Å²) in [5.74, 6) is 0.791. The smallest absolute Gasteiger partial charge is 0.195 e. The quantitative estimate of drug-likeness (QED) is 0.188. The fourth-order valence-corrected chi connectivity index (χ4v) is 8.41. The van der Waals surface area contributed by atoms with Crippen LogP contribution in [0.2, 0.25) is 0 Å². The van der Waals surface area contributed by atoms with Gasteiger partial charge in [-0.05, 0) is 91.1 Å². The standard InChI is InChI=1S/C44H37N3OS/c1-7-28-20-23-36-42(49-43-46-33-13-9-10-14-35(33)47(36)43)39(28)29-19-16-25(2)30(24-29)40-27(4)18-22-34(45-40)38-26(3)17-21-32-41(38)48-37-15-11-8-12-31(37)44(32,5)6/h8-24H,7H2,1-6H3/i2D3,3D3,4D3,7D2. The Morgan fingerprint density at radius 1 is 0.776 bits per heavy atom. The third kappa shape index (κ3) is 4.42. The molecule has 0 saturated carbocycles. The molecule has 3 aromatic heterocycles. The van der Waals surface area contributed by atoms with Gasteiger partial charge >= 0.3 is 0 Å². The van der Waals surface area contributed by atoms with E-state index in [9.17, 15) is 0 Å². The van der Waals surface area contributed by atoms with Gasteiger partial charge in [0.05, 0.1) is 32.6 Å². The highest BCUT2D eigenvalue weighted by Gasteiger charge is 2.36. The second kappa shape index (κ2) is 10.9. The Kier molecular flexibility index (Phi) is 4.51. The molecule has 0 fully saturated rings. The first-order valence-electron chi connectivity index (χ1n) is 21.5. The van der Waals surface area contributed by atoms with E-state index in [-0.39, 0.29) is 45.0 Å². The molecular formula is C44H37N3OS. The van der Waals surface area contributed by atoms with Crippen LogP contribution >= 0.6 is 11.3 Å². The number of hydrogen-bond acceptors (Lipinski definition) is 4. The zero-order valence-corrected chi connectivity index (χ0v) is 27.8. The van der Waals surface area contributed by atoms with Gasteiger partial charge in [0.1, 0.15) is 11.5 Å². The molecule has 0 aliphatic carbocycles. The largest absolute Gasteiger partial charge is 0.456 e. The van der Waals surface area contributed by atoms with Crippen LogP contribution in [0.4, 0.5) is 0 Å². The fraction of sp³-hybridized carbons (Fsp3) is 0.182. The van der Waals surface area contributed by atoms with E-state index in [0.29, 0.717) is 37.7 Å². The molecule has 0 spiro atoms. The van der Waals surface area contributed by atoms with E-state index in [1.54, 1.807) is 30.3 Å². The highest BCUT2D eigenvalue weighted by Crippen LogP contribution is 2.52. The number of rotatable bonds is 4. The SMILES string of the molecule is [2H]C([2H])([2H])c1ccc(-c2c(C([2H])([2H])C)ccc3c2sc2nc4ccccc4n23)cc1-c1nc(-c2c(C([2H])([2H])[2H])ccc3c2Oc2ccccc2C3(C)C)ccc1C([2H])([2H])[2H]. The van der Waals surface area contributed by atoms with Crippen LogP contribution in [0.3, 0.4) is 0 Å². The zero-order chi connectivity index (χ0) is 42.9. The van der Waals surface area contributed by atoms with Crippen LogP contribution in [-0.4, -0.2) is 14.4 Å². The lowest BCUT2D eigenvalue weighted by Gasteiger charge is -2.35. The molecule has 8 aromatic rings. The molecule has 5 heteroatoms. The molecule has 9 rings (SSSR count). The van der Waals surface area contributed by atoms with Gasteiger partial charge in [0.25, 0.3) is 0 Å². The van der Waals surface area contributed by atoms with Gasteiger partial charge in [-0.1, -0.05) is 98.8 Å². The lowest BCUT2D eigenvalue weighted by Crippen LogP contribution is -2.24. The molecule has 5 aromatic carbocycles. The van der Waals surface area contributed by atoms with Crippen LogP contribution in [-0.2, 0) is 11.8 Å². The number of ether oxygens (including phenoxy) is 1. The van der Waals surface area contributed by atoms with Gasteiger partial charge in [0.15, 0.2) is 4.96 Å². The Labute approximate surface area is 306 Å². The van der Waals surface area contributed by atoms with Crippen LogP contribution in [0.1, 0.15) is 69.2 Å². The minimum absolute atomic E-state index is 0.0151. The Morgan fingerprint density at radius 2 is 1.57 bits per heavy atom. The lowest BCUT2D eigenvalue weighted by molar-refractivity contribution is 0.419. The summed E-state index contributed by atoms with van der Waals surface area (Å²) >= 11 is 1.37. The van der Waals surface area contributed by atoms with Crippen LogP contribution in [0.5, 0.6) is 11.5 Å². The molecule has 4 nitrogen and oxygen atoms in total. The van der Waals surface area contributed by atoms with E-state index in [2.05, 4.69) is 0 Å². The topological polar surface area (TPSA) is 39.4 Å². The molecule has 0 bridgehead atoms. The maximum Gasteiger partial charge on any atom is 0.195 e. The molecule has 0 atom stereocenters. The number of para-hydroxylation sites is 3. The lowest BCUT2D eigenvalue weighted by atomic mass is 9.74. The maximum absolute atomic E-state index is 8.90. The van der Waals surface area contributed by atoms with Gasteiger partial charge < -0.3 is 4.74 Å². The predicted molar refractivity (Wildman–Crippen MR) is 204 cm³/mol. The van der Waals surface area contributed by atoms with Crippen molar-refractivity contribution in [2.24, 2.45) is 0 Å². The van der Waals surface area contributed by atoms with Gasteiger partial charge in [0, 0.05) is 48.3 Å². The number of aromatic nitrogens is 3.